The van der Waals surface area contributed by atoms with Crippen LogP contribution in [0.3, 0.4) is 0 Å². The minimum Gasteiger partial charge on any atom is -0.595 e. The van der Waals surface area contributed by atoms with E-state index in [2.05, 4.69) is 4.74 Å². The average molecular weight is 216 g/mol. The van der Waals surface area contributed by atoms with Gasteiger partial charge < -0.3 is 9.63 Å². The Labute approximate surface area is 81.3 Å². The highest BCUT2D eigenvalue weighted by atomic mass is 31.1. The summed E-state index contributed by atoms with van der Waals surface area (Å²) < 4.78 is 15.5. The molecule has 0 bridgehead atoms. The minimum absolute atomic E-state index is 0.223. The Morgan fingerprint density at radius 3 is 2.71 bits per heavy atom. The third-order valence-electron chi connectivity index (χ3n) is 3.03. The Morgan fingerprint density at radius 2 is 2.14 bits per heavy atom. The molecule has 14 heavy (non-hydrogen) atoms. The molecule has 5 nitrogen and oxygen atoms in total. The first-order valence-corrected chi connectivity index (χ1v) is 5.67. The molecule has 1 aliphatic heterocycles. The molecule has 2 aliphatic rings. The van der Waals surface area contributed by atoms with E-state index in [0.29, 0.717) is 12.8 Å². The third kappa shape index (κ3) is 1.06. The summed E-state index contributed by atoms with van der Waals surface area (Å²) >= 11 is 0. The summed E-state index contributed by atoms with van der Waals surface area (Å²) in [4.78, 5) is 33.7. The summed E-state index contributed by atoms with van der Waals surface area (Å²) in [6.07, 6.45) is 2.09. The molecule has 1 heterocycles. The first kappa shape index (κ1) is 9.74. The molecule has 6 heteroatoms. The predicted molar refractivity (Wildman–Crippen MR) is 43.4 cm³/mol. The fourth-order valence-corrected chi connectivity index (χ4v) is 3.28. The summed E-state index contributed by atoms with van der Waals surface area (Å²) in [6.45, 7) is 0. The maximum Gasteiger partial charge on any atom is 0.369 e. The topological polar surface area (TPSA) is 83.5 Å². The lowest BCUT2D eigenvalue weighted by Gasteiger charge is -2.25. The van der Waals surface area contributed by atoms with Gasteiger partial charge in [0.1, 0.15) is 5.92 Å². The van der Waals surface area contributed by atoms with E-state index in [1.807, 2.05) is 0 Å². The zero-order chi connectivity index (χ0) is 10.3. The van der Waals surface area contributed by atoms with Crippen molar-refractivity contribution in [3.8, 4) is 0 Å². The molecule has 0 aromatic carbocycles. The predicted octanol–water partition coefficient (Wildman–Crippen LogP) is 0.101. The molecule has 2 fully saturated rings. The first-order chi connectivity index (χ1) is 6.59. The van der Waals surface area contributed by atoms with E-state index in [1.165, 1.54) is 0 Å². The molecule has 76 valence electrons. The van der Waals surface area contributed by atoms with E-state index < -0.39 is 31.0 Å². The van der Waals surface area contributed by atoms with Crippen molar-refractivity contribution in [2.45, 2.75) is 30.8 Å². The van der Waals surface area contributed by atoms with E-state index in [1.54, 1.807) is 0 Å². The second kappa shape index (κ2) is 3.11. The summed E-state index contributed by atoms with van der Waals surface area (Å²) in [5.74, 6) is -2.30. The average Bonchev–Trinajstić information content (AvgIpc) is 2.41. The number of cyclic esters (lactones) is 2. The van der Waals surface area contributed by atoms with Crippen molar-refractivity contribution in [2.24, 2.45) is 5.92 Å². The van der Waals surface area contributed by atoms with Crippen LogP contribution < -0.4 is 4.89 Å². The van der Waals surface area contributed by atoms with E-state index in [9.17, 15) is 19.0 Å². The largest absolute Gasteiger partial charge is 0.595 e. The molecule has 0 radical (unpaired) electrons. The van der Waals surface area contributed by atoms with Crippen molar-refractivity contribution in [3.05, 3.63) is 0 Å². The number of rotatable bonds is 1. The minimum atomic E-state index is -2.94. The molecule has 1 aliphatic carbocycles. The van der Waals surface area contributed by atoms with E-state index in [4.69, 9.17) is 0 Å². The van der Waals surface area contributed by atoms with Crippen LogP contribution in [0.4, 0.5) is 0 Å². The van der Waals surface area contributed by atoms with Gasteiger partial charge in [-0.25, -0.2) is 4.79 Å². The highest BCUT2D eigenvalue weighted by Gasteiger charge is 2.67. The Kier molecular flexibility index (Phi) is 2.16. The third-order valence-corrected chi connectivity index (χ3v) is 4.40. The van der Waals surface area contributed by atoms with Crippen molar-refractivity contribution in [1.82, 2.24) is 0 Å². The van der Waals surface area contributed by atoms with Crippen LogP contribution in [0.1, 0.15) is 25.7 Å². The zero-order valence-electron chi connectivity index (χ0n) is 7.39. The van der Waals surface area contributed by atoms with Crippen molar-refractivity contribution < 1.29 is 23.8 Å². The van der Waals surface area contributed by atoms with Crippen molar-refractivity contribution in [2.75, 3.05) is 0 Å². The molecule has 3 unspecified atom stereocenters. The van der Waals surface area contributed by atoms with E-state index in [0.717, 1.165) is 6.42 Å². The van der Waals surface area contributed by atoms with Gasteiger partial charge in [-0.2, -0.15) is 0 Å². The van der Waals surface area contributed by atoms with Crippen LogP contribution in [0.15, 0.2) is 0 Å². The first-order valence-electron chi connectivity index (χ1n) is 4.49. The Hall–Kier alpha value is -0.800. The van der Waals surface area contributed by atoms with Crippen molar-refractivity contribution in [1.29, 1.82) is 0 Å². The molecule has 1 saturated carbocycles. The summed E-state index contributed by atoms with van der Waals surface area (Å²) in [5, 5.41) is -1.54. The molecular weight excluding hydrogens is 207 g/mol. The fraction of sp³-hybridized carbons (Fsp3) is 0.750. The fourth-order valence-electron chi connectivity index (χ4n) is 2.26. The Bertz CT molecular complexity index is 326. The van der Waals surface area contributed by atoms with Crippen LogP contribution in [0.5, 0.6) is 0 Å². The van der Waals surface area contributed by atoms with E-state index >= 15 is 0 Å². The van der Waals surface area contributed by atoms with Gasteiger partial charge in [0, 0.05) is 6.42 Å². The van der Waals surface area contributed by atoms with Gasteiger partial charge in [-0.3, -0.25) is 4.79 Å². The normalized spacial score (nSPS) is 37.8. The smallest absolute Gasteiger partial charge is 0.369 e. The van der Waals surface area contributed by atoms with Gasteiger partial charge in [0.2, 0.25) is 0 Å². The monoisotopic (exact) mass is 216 g/mol. The number of fused-ring (bicyclic) bond motifs is 1. The van der Waals surface area contributed by atoms with Gasteiger partial charge in [-0.1, -0.05) is 11.0 Å². The summed E-state index contributed by atoms with van der Waals surface area (Å²) in [6, 6.07) is 0. The maximum absolute atomic E-state index is 11.4. The Balaban J connectivity index is 2.45. The highest BCUT2D eigenvalue weighted by Crippen LogP contribution is 2.52. The van der Waals surface area contributed by atoms with Crippen LogP contribution in [-0.4, -0.2) is 17.1 Å². The van der Waals surface area contributed by atoms with E-state index in [-0.39, 0.29) is 6.42 Å². The van der Waals surface area contributed by atoms with Gasteiger partial charge in [0.05, 0.1) is 0 Å². The summed E-state index contributed by atoms with van der Waals surface area (Å²) in [7, 11) is -2.94. The van der Waals surface area contributed by atoms with Crippen LogP contribution in [0.25, 0.3) is 0 Å². The van der Waals surface area contributed by atoms with Crippen molar-refractivity contribution in [3.63, 3.8) is 0 Å². The second-order valence-electron chi connectivity index (χ2n) is 3.69. The molecule has 2 rings (SSSR count). The van der Waals surface area contributed by atoms with Crippen LogP contribution in [0.2, 0.25) is 0 Å². The number of carbonyl (C=O) groups is 2. The molecular formula is C8H9O5P. The summed E-state index contributed by atoms with van der Waals surface area (Å²) in [5.41, 5.74) is 0. The number of carbonyl (C=O) groups excluding carboxylic acids is 2. The Morgan fingerprint density at radius 1 is 1.43 bits per heavy atom. The number of hydrogen-bond donors (Lipinski definition) is 0. The second-order valence-corrected chi connectivity index (χ2v) is 5.00. The number of hydrogen-bond acceptors (Lipinski definition) is 5. The van der Waals surface area contributed by atoms with Crippen LogP contribution >= 0.6 is 8.03 Å². The van der Waals surface area contributed by atoms with Gasteiger partial charge in [0.15, 0.2) is 0 Å². The molecule has 1 saturated heterocycles. The van der Waals surface area contributed by atoms with Crippen LogP contribution in [-0.2, 0) is 18.9 Å². The molecule has 0 aromatic heterocycles. The van der Waals surface area contributed by atoms with Gasteiger partial charge in [0.25, 0.3) is 5.16 Å². The van der Waals surface area contributed by atoms with Gasteiger partial charge in [-0.15, -0.1) is 0 Å². The highest BCUT2D eigenvalue weighted by molar-refractivity contribution is 7.40. The van der Waals surface area contributed by atoms with Crippen molar-refractivity contribution >= 4 is 20.0 Å². The standard InChI is InChI=1S/C8H9O5P/c9-6-5-3-1-2-4-8(5,14(11)12)7(10)13-6/h5H,1-4H2. The lowest BCUT2D eigenvalue weighted by Crippen LogP contribution is -2.42. The zero-order valence-corrected chi connectivity index (χ0v) is 8.29. The van der Waals surface area contributed by atoms with Crippen LogP contribution in [0, 0.1) is 5.92 Å². The quantitative estimate of drug-likeness (QED) is 0.352. The SMILES string of the molecule is O=C1OC(=O)C2([P+](=O)[O-])CCCCC12. The lowest BCUT2D eigenvalue weighted by molar-refractivity contribution is -0.173. The van der Waals surface area contributed by atoms with Gasteiger partial charge >= 0.3 is 20.0 Å². The number of esters is 2. The lowest BCUT2D eigenvalue weighted by atomic mass is 9.80. The van der Waals surface area contributed by atoms with Gasteiger partial charge in [-0.05, 0) is 12.8 Å². The molecule has 0 spiro atoms. The number of ether oxygens (including phenoxy) is 1. The maximum atomic E-state index is 11.4. The molecule has 0 N–H and O–H groups in total. The molecule has 3 atom stereocenters. The molecule has 0 aromatic rings. The molecule has 0 amide bonds.